The first-order chi connectivity index (χ1) is 9.70. The molecule has 104 valence electrons. The topological polar surface area (TPSA) is 78.3 Å². The second kappa shape index (κ2) is 5.15. The van der Waals surface area contributed by atoms with Gasteiger partial charge in [0.25, 0.3) is 0 Å². The van der Waals surface area contributed by atoms with E-state index in [-0.39, 0.29) is 24.2 Å². The molecule has 0 aromatic heterocycles. The normalized spacial score (nSPS) is 32.0. The molecule has 20 heavy (non-hydrogen) atoms. The Morgan fingerprint density at radius 1 is 1.45 bits per heavy atom. The molecule has 2 aliphatic heterocycles. The minimum absolute atomic E-state index is 0.00760. The summed E-state index contributed by atoms with van der Waals surface area (Å²) >= 11 is 0. The molecule has 0 N–H and O–H groups in total. The van der Waals surface area contributed by atoms with Crippen molar-refractivity contribution in [1.29, 1.82) is 0 Å². The maximum absolute atomic E-state index is 12.4. The Labute approximate surface area is 117 Å². The van der Waals surface area contributed by atoms with E-state index in [4.69, 9.17) is 10.3 Å². The quantitative estimate of drug-likeness (QED) is 0.480. The van der Waals surface area contributed by atoms with Crippen molar-refractivity contribution in [2.45, 2.75) is 44.2 Å². The average molecular weight is 272 g/mol. The lowest BCUT2D eigenvalue weighted by Crippen LogP contribution is -2.34. The van der Waals surface area contributed by atoms with Gasteiger partial charge in [0.2, 0.25) is 5.91 Å². The van der Waals surface area contributed by atoms with Crippen molar-refractivity contribution >= 4 is 5.91 Å². The molecule has 6 nitrogen and oxygen atoms in total. The average Bonchev–Trinajstić information content (AvgIpc) is 2.92. The van der Waals surface area contributed by atoms with Gasteiger partial charge in [-0.05, 0) is 24.4 Å². The van der Waals surface area contributed by atoms with Crippen LogP contribution in [0.3, 0.4) is 0 Å². The van der Waals surface area contributed by atoms with Crippen molar-refractivity contribution in [2.75, 3.05) is 0 Å². The summed E-state index contributed by atoms with van der Waals surface area (Å²) in [4.78, 5) is 17.0. The molecular weight excluding hydrogens is 256 g/mol. The van der Waals surface area contributed by atoms with Gasteiger partial charge < -0.3 is 9.64 Å². The van der Waals surface area contributed by atoms with E-state index in [1.165, 1.54) is 0 Å². The van der Waals surface area contributed by atoms with Gasteiger partial charge in [-0.2, -0.15) is 0 Å². The first kappa shape index (κ1) is 13.0. The number of carbonyl (C=O) groups is 1. The Balaban J connectivity index is 1.86. The van der Waals surface area contributed by atoms with Gasteiger partial charge in [-0.25, -0.2) is 0 Å². The van der Waals surface area contributed by atoms with Crippen molar-refractivity contribution in [3.05, 3.63) is 46.3 Å². The van der Waals surface area contributed by atoms with Crippen LogP contribution >= 0.6 is 0 Å². The van der Waals surface area contributed by atoms with E-state index < -0.39 is 6.04 Å². The summed E-state index contributed by atoms with van der Waals surface area (Å²) in [7, 11) is 0. The number of hydrogen-bond acceptors (Lipinski definition) is 3. The van der Waals surface area contributed by atoms with Crippen molar-refractivity contribution in [2.24, 2.45) is 5.11 Å². The lowest BCUT2D eigenvalue weighted by Gasteiger charge is -2.23. The van der Waals surface area contributed by atoms with Crippen molar-refractivity contribution < 1.29 is 9.53 Å². The highest BCUT2D eigenvalue weighted by molar-refractivity contribution is 5.86. The highest BCUT2D eigenvalue weighted by Crippen LogP contribution is 2.36. The number of amides is 1. The van der Waals surface area contributed by atoms with Gasteiger partial charge in [-0.15, -0.1) is 0 Å². The molecule has 0 saturated carbocycles. The number of fused-ring (bicyclic) bond motifs is 1. The van der Waals surface area contributed by atoms with Gasteiger partial charge in [-0.1, -0.05) is 35.4 Å². The van der Waals surface area contributed by atoms with Crippen molar-refractivity contribution in [1.82, 2.24) is 4.90 Å². The number of carbonyl (C=O) groups excluding carboxylic acids is 1. The van der Waals surface area contributed by atoms with Gasteiger partial charge in [0.05, 0.1) is 18.2 Å². The molecule has 0 spiro atoms. The van der Waals surface area contributed by atoms with Crippen LogP contribution in [0.25, 0.3) is 10.4 Å². The van der Waals surface area contributed by atoms with E-state index in [0.717, 1.165) is 12.0 Å². The monoisotopic (exact) mass is 272 g/mol. The number of likely N-dealkylation sites (tertiary alicyclic amines) is 1. The summed E-state index contributed by atoms with van der Waals surface area (Å²) in [5.74, 6) is -0.131. The van der Waals surface area contributed by atoms with Crippen LogP contribution in [0.15, 0.2) is 35.4 Å². The number of nitrogens with zero attached hydrogens (tertiary/aromatic N) is 4. The molecule has 0 radical (unpaired) electrons. The fourth-order valence-electron chi connectivity index (χ4n) is 3.10. The zero-order chi connectivity index (χ0) is 14.1. The van der Waals surface area contributed by atoms with Crippen LogP contribution < -0.4 is 0 Å². The van der Waals surface area contributed by atoms with Crippen LogP contribution in [0.1, 0.15) is 18.9 Å². The highest BCUT2D eigenvalue weighted by atomic mass is 16.5. The lowest BCUT2D eigenvalue weighted by molar-refractivity contribution is -0.131. The van der Waals surface area contributed by atoms with Crippen LogP contribution in [-0.4, -0.2) is 35.1 Å². The first-order valence-corrected chi connectivity index (χ1v) is 6.75. The largest absolute Gasteiger partial charge is 0.372 e. The Kier molecular flexibility index (Phi) is 3.34. The number of azide groups is 1. The van der Waals surface area contributed by atoms with Crippen molar-refractivity contribution in [3.63, 3.8) is 0 Å². The summed E-state index contributed by atoms with van der Waals surface area (Å²) in [5.41, 5.74) is 9.71. The molecular formula is C14H16N4O2. The zero-order valence-electron chi connectivity index (χ0n) is 11.2. The standard InChI is InChI=1S/C14H16N4O2/c1-9-7-11-13(20-9)12(16-17-15)14(19)18(11)8-10-5-3-2-4-6-10/h2-6,9,11-13H,7-8H2,1H3/t9?,11-,12+,13+/m0/s1. The minimum Gasteiger partial charge on any atom is -0.372 e. The van der Waals surface area contributed by atoms with Crippen LogP contribution in [0.4, 0.5) is 0 Å². The molecule has 2 heterocycles. The van der Waals surface area contributed by atoms with Gasteiger partial charge >= 0.3 is 0 Å². The fourth-order valence-corrected chi connectivity index (χ4v) is 3.10. The number of rotatable bonds is 3. The molecule has 1 aromatic rings. The molecule has 2 saturated heterocycles. The Hall–Kier alpha value is -2.04. The number of benzene rings is 1. The van der Waals surface area contributed by atoms with Crippen LogP contribution in [0.5, 0.6) is 0 Å². The minimum atomic E-state index is -0.723. The van der Waals surface area contributed by atoms with Gasteiger partial charge in [0.1, 0.15) is 6.04 Å². The molecule has 1 aromatic carbocycles. The molecule has 1 amide bonds. The summed E-state index contributed by atoms with van der Waals surface area (Å²) in [6.07, 6.45) is 0.575. The number of hydrogen-bond donors (Lipinski definition) is 0. The van der Waals surface area contributed by atoms with E-state index in [1.54, 1.807) is 4.90 Å². The maximum Gasteiger partial charge on any atom is 0.234 e. The third-order valence-corrected chi connectivity index (χ3v) is 3.96. The van der Waals surface area contributed by atoms with E-state index in [2.05, 4.69) is 10.0 Å². The van der Waals surface area contributed by atoms with Crippen LogP contribution in [0, 0.1) is 0 Å². The van der Waals surface area contributed by atoms with Gasteiger partial charge in [0.15, 0.2) is 0 Å². The smallest absolute Gasteiger partial charge is 0.234 e. The number of ether oxygens (including phenoxy) is 1. The highest BCUT2D eigenvalue weighted by Gasteiger charge is 2.52. The second-order valence-corrected chi connectivity index (χ2v) is 5.32. The fraction of sp³-hybridized carbons (Fsp3) is 0.500. The third kappa shape index (κ3) is 2.13. The zero-order valence-corrected chi connectivity index (χ0v) is 11.2. The molecule has 0 aliphatic carbocycles. The Morgan fingerprint density at radius 2 is 2.20 bits per heavy atom. The summed E-state index contributed by atoms with van der Waals surface area (Å²) in [6.45, 7) is 2.52. The van der Waals surface area contributed by atoms with E-state index >= 15 is 0 Å². The predicted octanol–water partition coefficient (Wildman–Crippen LogP) is 2.25. The third-order valence-electron chi connectivity index (χ3n) is 3.96. The maximum atomic E-state index is 12.4. The van der Waals surface area contributed by atoms with Gasteiger partial charge in [-0.3, -0.25) is 4.79 Å². The SMILES string of the molecule is CC1C[C@H]2[C@@H](O1)[C@@H](N=[N+]=[N-])C(=O)N2Cc1ccccc1. The first-order valence-electron chi connectivity index (χ1n) is 6.75. The molecule has 2 fully saturated rings. The molecule has 3 rings (SSSR count). The van der Waals surface area contributed by atoms with Crippen LogP contribution in [-0.2, 0) is 16.1 Å². The Bertz CT molecular complexity index is 556. The summed E-state index contributed by atoms with van der Waals surface area (Å²) in [6, 6.07) is 9.11. The summed E-state index contributed by atoms with van der Waals surface area (Å²) in [5, 5.41) is 3.64. The van der Waals surface area contributed by atoms with Crippen molar-refractivity contribution in [3.8, 4) is 0 Å². The van der Waals surface area contributed by atoms with E-state index in [9.17, 15) is 4.79 Å². The Morgan fingerprint density at radius 3 is 2.90 bits per heavy atom. The van der Waals surface area contributed by atoms with E-state index in [1.807, 2.05) is 37.3 Å². The lowest BCUT2D eigenvalue weighted by atomic mass is 10.1. The molecule has 2 aliphatic rings. The molecule has 4 atom stereocenters. The van der Waals surface area contributed by atoms with Crippen LogP contribution in [0.2, 0.25) is 0 Å². The second-order valence-electron chi connectivity index (χ2n) is 5.32. The predicted molar refractivity (Wildman–Crippen MR) is 72.7 cm³/mol. The molecule has 1 unspecified atom stereocenters. The molecule has 6 heteroatoms. The van der Waals surface area contributed by atoms with E-state index in [0.29, 0.717) is 6.54 Å². The van der Waals surface area contributed by atoms with Gasteiger partial charge in [0, 0.05) is 11.5 Å². The summed E-state index contributed by atoms with van der Waals surface area (Å²) < 4.78 is 5.76. The molecule has 0 bridgehead atoms.